The van der Waals surface area contributed by atoms with Crippen LogP contribution >= 0.6 is 0 Å². The van der Waals surface area contributed by atoms with Crippen molar-refractivity contribution in [1.29, 1.82) is 0 Å². The lowest BCUT2D eigenvalue weighted by atomic mass is 10.2. The molecule has 1 amide bonds. The fraction of sp³-hybridized carbons (Fsp3) is 0.269. The number of oxime groups is 1. The van der Waals surface area contributed by atoms with Gasteiger partial charge in [-0.05, 0) is 54.6 Å². The predicted octanol–water partition coefficient (Wildman–Crippen LogP) is 2.65. The van der Waals surface area contributed by atoms with Gasteiger partial charge in [-0.2, -0.15) is 0 Å². The topological polar surface area (TPSA) is 103 Å². The molecule has 9 nitrogen and oxygen atoms in total. The van der Waals surface area contributed by atoms with Crippen molar-refractivity contribution >= 4 is 17.4 Å². The number of methoxy groups -OCH3 is 1. The highest BCUT2D eigenvalue weighted by molar-refractivity contribution is 5.97. The Balaban J connectivity index is 1.20. The molecule has 3 aromatic rings. The average molecular weight is 476 g/mol. The van der Waals surface area contributed by atoms with E-state index in [1.54, 1.807) is 36.5 Å². The highest BCUT2D eigenvalue weighted by Gasteiger charge is 2.21. The van der Waals surface area contributed by atoms with Gasteiger partial charge in [-0.15, -0.1) is 0 Å². The molecular formula is C26H29N5O4. The first kappa shape index (κ1) is 23.9. The Morgan fingerprint density at radius 2 is 1.71 bits per heavy atom. The maximum atomic E-state index is 12.5. The molecule has 0 radical (unpaired) electrons. The number of benzene rings is 2. The van der Waals surface area contributed by atoms with Crippen LogP contribution in [0, 0.1) is 0 Å². The molecule has 35 heavy (non-hydrogen) atoms. The van der Waals surface area contributed by atoms with Crippen LogP contribution in [0.2, 0.25) is 0 Å². The minimum atomic E-state index is -0.157. The number of aromatic nitrogens is 1. The minimum absolute atomic E-state index is 0.116. The van der Waals surface area contributed by atoms with Crippen molar-refractivity contribution in [3.8, 4) is 11.5 Å². The van der Waals surface area contributed by atoms with Crippen molar-refractivity contribution in [1.82, 2.24) is 9.88 Å². The number of carbonyl (C=O) groups is 1. The maximum absolute atomic E-state index is 12.5. The van der Waals surface area contributed by atoms with Gasteiger partial charge >= 0.3 is 0 Å². The number of pyridine rings is 1. The van der Waals surface area contributed by atoms with Crippen LogP contribution < -0.4 is 20.1 Å². The zero-order valence-corrected chi connectivity index (χ0v) is 19.7. The minimum Gasteiger partial charge on any atom is -0.497 e. The third kappa shape index (κ3) is 6.63. The van der Waals surface area contributed by atoms with Gasteiger partial charge in [0.1, 0.15) is 18.1 Å². The highest BCUT2D eigenvalue weighted by atomic mass is 16.6. The lowest BCUT2D eigenvalue weighted by Crippen LogP contribution is -2.49. The van der Waals surface area contributed by atoms with Gasteiger partial charge in [0.25, 0.3) is 5.91 Å². The van der Waals surface area contributed by atoms with E-state index < -0.39 is 0 Å². The van der Waals surface area contributed by atoms with Crippen LogP contribution in [0.1, 0.15) is 11.1 Å². The van der Waals surface area contributed by atoms with Gasteiger partial charge in [0, 0.05) is 55.4 Å². The molecule has 1 aliphatic rings. The van der Waals surface area contributed by atoms with Crippen molar-refractivity contribution in [3.05, 3.63) is 84.2 Å². The summed E-state index contributed by atoms with van der Waals surface area (Å²) in [5.41, 5.74) is 8.79. The summed E-state index contributed by atoms with van der Waals surface area (Å²) in [6.07, 6.45) is 3.48. The van der Waals surface area contributed by atoms with Crippen molar-refractivity contribution in [2.24, 2.45) is 10.9 Å². The molecule has 1 aromatic heterocycles. The Morgan fingerprint density at radius 3 is 2.37 bits per heavy atom. The molecule has 0 spiro atoms. The van der Waals surface area contributed by atoms with Crippen LogP contribution in [-0.2, 0) is 16.2 Å². The Kier molecular flexibility index (Phi) is 8.00. The number of rotatable bonds is 9. The largest absolute Gasteiger partial charge is 0.497 e. The zero-order chi connectivity index (χ0) is 24.5. The number of amides is 1. The summed E-state index contributed by atoms with van der Waals surface area (Å²) in [4.78, 5) is 25.8. The Hall–Kier alpha value is -4.27. The zero-order valence-electron chi connectivity index (χ0n) is 19.7. The second-order valence-corrected chi connectivity index (χ2v) is 7.99. The Labute approximate surface area is 204 Å². The molecule has 4 rings (SSSR count). The Morgan fingerprint density at radius 1 is 1.00 bits per heavy atom. The molecule has 0 atom stereocenters. The van der Waals surface area contributed by atoms with Gasteiger partial charge < -0.3 is 29.8 Å². The van der Waals surface area contributed by atoms with Crippen LogP contribution in [0.5, 0.6) is 11.5 Å². The molecule has 2 heterocycles. The molecule has 1 saturated heterocycles. The summed E-state index contributed by atoms with van der Waals surface area (Å²) in [7, 11) is 1.65. The van der Waals surface area contributed by atoms with Crippen LogP contribution in [0.4, 0.5) is 5.69 Å². The molecule has 0 unspecified atom stereocenters. The fourth-order valence-electron chi connectivity index (χ4n) is 3.68. The van der Waals surface area contributed by atoms with Crippen LogP contribution in [-0.4, -0.2) is 61.5 Å². The van der Waals surface area contributed by atoms with Gasteiger partial charge in [0.2, 0.25) is 0 Å². The predicted molar refractivity (Wildman–Crippen MR) is 133 cm³/mol. The van der Waals surface area contributed by atoms with E-state index in [-0.39, 0.29) is 18.3 Å². The van der Waals surface area contributed by atoms with E-state index in [2.05, 4.69) is 15.0 Å². The fourth-order valence-corrected chi connectivity index (χ4v) is 3.68. The number of carbonyl (C=O) groups excluding carboxylic acids is 1. The summed E-state index contributed by atoms with van der Waals surface area (Å²) >= 11 is 0. The van der Waals surface area contributed by atoms with Crippen LogP contribution in [0.25, 0.3) is 0 Å². The van der Waals surface area contributed by atoms with E-state index in [0.29, 0.717) is 31.0 Å². The molecule has 2 N–H and O–H groups in total. The first-order chi connectivity index (χ1) is 17.1. The number of anilines is 1. The third-order valence-corrected chi connectivity index (χ3v) is 5.70. The number of nitrogens with two attached hydrogens (primary N) is 1. The molecule has 0 bridgehead atoms. The van der Waals surface area contributed by atoms with Crippen molar-refractivity contribution < 1.29 is 19.1 Å². The standard InChI is InChI=1S/C26H29N5O4/c1-33-23-10-6-22(7-11-23)30-13-15-31(16-14-30)25(32)19-35-29-26(27)21-4-8-24(9-5-21)34-18-20-3-2-12-28-17-20/h2-12,17H,13-16,18-19H2,1H3,(H2,27,29). The lowest BCUT2D eigenvalue weighted by Gasteiger charge is -2.35. The van der Waals surface area contributed by atoms with Gasteiger partial charge in [0.05, 0.1) is 7.11 Å². The molecule has 0 aliphatic carbocycles. The summed E-state index contributed by atoms with van der Waals surface area (Å²) in [5, 5.41) is 3.91. The molecule has 9 heteroatoms. The van der Waals surface area contributed by atoms with E-state index >= 15 is 0 Å². The molecule has 1 fully saturated rings. The summed E-state index contributed by atoms with van der Waals surface area (Å²) in [6.45, 7) is 3.01. The maximum Gasteiger partial charge on any atom is 0.263 e. The number of amidine groups is 1. The van der Waals surface area contributed by atoms with Gasteiger partial charge in [-0.25, -0.2) is 0 Å². The normalized spacial score (nSPS) is 13.9. The molecular weight excluding hydrogens is 446 g/mol. The quantitative estimate of drug-likeness (QED) is 0.288. The van der Waals surface area contributed by atoms with E-state index in [0.717, 1.165) is 30.1 Å². The average Bonchev–Trinajstić information content (AvgIpc) is 2.93. The number of nitrogens with zero attached hydrogens (tertiary/aromatic N) is 4. The molecule has 2 aromatic carbocycles. The second-order valence-electron chi connectivity index (χ2n) is 7.99. The smallest absolute Gasteiger partial charge is 0.263 e. The molecule has 182 valence electrons. The second kappa shape index (κ2) is 11.7. The number of hydrogen-bond donors (Lipinski definition) is 1. The van der Waals surface area contributed by atoms with E-state index in [9.17, 15) is 4.79 Å². The first-order valence-corrected chi connectivity index (χ1v) is 11.4. The van der Waals surface area contributed by atoms with Gasteiger partial charge in [-0.3, -0.25) is 9.78 Å². The van der Waals surface area contributed by atoms with E-state index in [1.807, 2.05) is 48.5 Å². The summed E-state index contributed by atoms with van der Waals surface area (Å²) < 4.78 is 10.9. The van der Waals surface area contributed by atoms with Crippen molar-refractivity contribution in [2.45, 2.75) is 6.61 Å². The van der Waals surface area contributed by atoms with Gasteiger partial charge in [-0.1, -0.05) is 11.2 Å². The monoisotopic (exact) mass is 475 g/mol. The highest BCUT2D eigenvalue weighted by Crippen LogP contribution is 2.20. The Bertz CT molecular complexity index is 1110. The lowest BCUT2D eigenvalue weighted by molar-refractivity contribution is -0.136. The van der Waals surface area contributed by atoms with Crippen molar-refractivity contribution in [3.63, 3.8) is 0 Å². The van der Waals surface area contributed by atoms with E-state index in [1.165, 1.54) is 0 Å². The van der Waals surface area contributed by atoms with E-state index in [4.69, 9.17) is 20.0 Å². The number of hydrogen-bond acceptors (Lipinski definition) is 7. The molecule has 1 aliphatic heterocycles. The first-order valence-electron chi connectivity index (χ1n) is 11.4. The number of piperazine rings is 1. The van der Waals surface area contributed by atoms with Crippen molar-refractivity contribution in [2.75, 3.05) is 44.8 Å². The SMILES string of the molecule is COc1ccc(N2CCN(C(=O)CO/N=C(/N)c3ccc(OCc4cccnc4)cc3)CC2)cc1. The number of ether oxygens (including phenoxy) is 2. The van der Waals surface area contributed by atoms with Crippen LogP contribution in [0.3, 0.4) is 0 Å². The summed E-state index contributed by atoms with van der Waals surface area (Å²) in [5.74, 6) is 1.61. The third-order valence-electron chi connectivity index (χ3n) is 5.70. The summed E-state index contributed by atoms with van der Waals surface area (Å²) in [6, 6.07) is 18.9. The molecule has 0 saturated carbocycles. The van der Waals surface area contributed by atoms with Gasteiger partial charge in [0.15, 0.2) is 12.4 Å². The van der Waals surface area contributed by atoms with Crippen LogP contribution in [0.15, 0.2) is 78.2 Å².